The summed E-state index contributed by atoms with van der Waals surface area (Å²) >= 11 is 0. The summed E-state index contributed by atoms with van der Waals surface area (Å²) in [5, 5.41) is 9.41. The van der Waals surface area contributed by atoms with Gasteiger partial charge in [0.2, 0.25) is 5.95 Å². The van der Waals surface area contributed by atoms with Gasteiger partial charge in [-0.15, -0.1) is 5.10 Å². The molecule has 22 heavy (non-hydrogen) atoms. The lowest BCUT2D eigenvalue weighted by Gasteiger charge is -2.03. The Balaban J connectivity index is 1.50. The molecule has 0 aliphatic rings. The first-order valence-electron chi connectivity index (χ1n) is 6.98. The molecule has 2 amide bonds. The number of aromatic nitrogens is 5. The lowest BCUT2D eigenvalue weighted by atomic mass is 10.3. The van der Waals surface area contributed by atoms with Gasteiger partial charge in [0, 0.05) is 20.0 Å². The third-order valence-corrected chi connectivity index (χ3v) is 3.29. The van der Waals surface area contributed by atoms with E-state index in [1.165, 1.54) is 0 Å². The van der Waals surface area contributed by atoms with Crippen LogP contribution < -0.4 is 10.6 Å². The molecule has 0 saturated carbocycles. The number of carbonyl (C=O) groups excluding carboxylic acids is 1. The number of benzene rings is 1. The minimum Gasteiger partial charge on any atom is -0.342 e. The molecule has 2 aromatic heterocycles. The Hall–Kier alpha value is -2.90. The predicted octanol–water partition coefficient (Wildman–Crippen LogP) is 1.36. The molecule has 114 valence electrons. The highest BCUT2D eigenvalue weighted by Gasteiger charge is 2.08. The average molecular weight is 299 g/mol. The van der Waals surface area contributed by atoms with Gasteiger partial charge in [-0.25, -0.2) is 9.78 Å². The van der Waals surface area contributed by atoms with Crippen LogP contribution in [0.2, 0.25) is 0 Å². The van der Waals surface area contributed by atoms with Crippen molar-refractivity contribution in [3.8, 4) is 0 Å². The van der Waals surface area contributed by atoms with Gasteiger partial charge < -0.3 is 10.3 Å². The number of amides is 2. The number of imidazole rings is 1. The van der Waals surface area contributed by atoms with Crippen LogP contribution in [0.5, 0.6) is 0 Å². The summed E-state index contributed by atoms with van der Waals surface area (Å²) in [6, 6.07) is 7.49. The molecule has 0 saturated heterocycles. The van der Waals surface area contributed by atoms with Crippen LogP contribution in [0.4, 0.5) is 10.7 Å². The van der Waals surface area contributed by atoms with Crippen molar-refractivity contribution in [3.63, 3.8) is 0 Å². The largest absolute Gasteiger partial charge is 0.342 e. The lowest BCUT2D eigenvalue weighted by molar-refractivity contribution is 0.252. The second-order valence-corrected chi connectivity index (χ2v) is 4.94. The van der Waals surface area contributed by atoms with Gasteiger partial charge >= 0.3 is 6.03 Å². The molecule has 8 nitrogen and oxygen atoms in total. The number of nitrogens with one attached hydrogen (secondary N) is 3. The average Bonchev–Trinajstić information content (AvgIpc) is 3.02. The van der Waals surface area contributed by atoms with Gasteiger partial charge in [0.05, 0.1) is 11.0 Å². The van der Waals surface area contributed by atoms with Crippen LogP contribution in [0.3, 0.4) is 0 Å². The summed E-state index contributed by atoms with van der Waals surface area (Å²) in [6.07, 6.45) is 0.622. The standard InChI is InChI=1S/C14H17N7O/c1-9-16-13(20-21(9)2)19-14(22)15-8-7-12-17-10-5-3-4-6-11(10)18-12/h3-6H,7-8H2,1-2H3,(H,17,18)(H2,15,19,20,22). The van der Waals surface area contributed by atoms with Crippen LogP contribution in [-0.4, -0.2) is 37.3 Å². The van der Waals surface area contributed by atoms with Gasteiger partial charge in [0.25, 0.3) is 0 Å². The number of para-hydroxylation sites is 2. The van der Waals surface area contributed by atoms with Crippen molar-refractivity contribution in [3.05, 3.63) is 35.9 Å². The first kappa shape index (κ1) is 14.1. The highest BCUT2D eigenvalue weighted by molar-refractivity contribution is 5.87. The second-order valence-electron chi connectivity index (χ2n) is 4.94. The molecular formula is C14H17N7O. The molecule has 2 heterocycles. The molecular weight excluding hydrogens is 282 g/mol. The number of carbonyl (C=O) groups is 1. The van der Waals surface area contributed by atoms with E-state index in [2.05, 4.69) is 30.7 Å². The quantitative estimate of drug-likeness (QED) is 0.677. The zero-order valence-electron chi connectivity index (χ0n) is 12.4. The summed E-state index contributed by atoms with van der Waals surface area (Å²) in [4.78, 5) is 23.5. The van der Waals surface area contributed by atoms with Crippen LogP contribution in [0, 0.1) is 6.92 Å². The van der Waals surface area contributed by atoms with E-state index in [1.807, 2.05) is 31.2 Å². The number of aryl methyl sites for hydroxylation is 2. The van der Waals surface area contributed by atoms with Crippen molar-refractivity contribution in [2.24, 2.45) is 7.05 Å². The van der Waals surface area contributed by atoms with Crippen LogP contribution in [0.15, 0.2) is 24.3 Å². The molecule has 0 radical (unpaired) electrons. The van der Waals surface area contributed by atoms with E-state index in [-0.39, 0.29) is 6.03 Å². The molecule has 0 atom stereocenters. The fourth-order valence-corrected chi connectivity index (χ4v) is 2.08. The molecule has 0 spiro atoms. The fraction of sp³-hybridized carbons (Fsp3) is 0.286. The fourth-order valence-electron chi connectivity index (χ4n) is 2.08. The number of fused-ring (bicyclic) bond motifs is 1. The number of aromatic amines is 1. The molecule has 0 bridgehead atoms. The third-order valence-electron chi connectivity index (χ3n) is 3.29. The van der Waals surface area contributed by atoms with Crippen LogP contribution in [0.25, 0.3) is 11.0 Å². The van der Waals surface area contributed by atoms with Gasteiger partial charge in [0.1, 0.15) is 11.6 Å². The van der Waals surface area contributed by atoms with E-state index in [9.17, 15) is 4.79 Å². The Kier molecular flexibility index (Phi) is 3.73. The van der Waals surface area contributed by atoms with E-state index in [0.29, 0.717) is 18.9 Å². The molecule has 3 aromatic rings. The zero-order chi connectivity index (χ0) is 15.5. The number of urea groups is 1. The maximum atomic E-state index is 11.8. The molecule has 0 aliphatic heterocycles. The van der Waals surface area contributed by atoms with Crippen LogP contribution >= 0.6 is 0 Å². The maximum Gasteiger partial charge on any atom is 0.321 e. The monoisotopic (exact) mass is 299 g/mol. The normalized spacial score (nSPS) is 10.8. The van der Waals surface area contributed by atoms with E-state index < -0.39 is 0 Å². The van der Waals surface area contributed by atoms with Crippen LogP contribution in [-0.2, 0) is 13.5 Å². The minimum absolute atomic E-state index is 0.293. The van der Waals surface area contributed by atoms with E-state index >= 15 is 0 Å². The first-order valence-corrected chi connectivity index (χ1v) is 6.98. The predicted molar refractivity (Wildman–Crippen MR) is 82.6 cm³/mol. The topological polar surface area (TPSA) is 101 Å². The summed E-state index contributed by atoms with van der Waals surface area (Å²) in [5.41, 5.74) is 1.92. The van der Waals surface area contributed by atoms with Crippen molar-refractivity contribution in [2.45, 2.75) is 13.3 Å². The third kappa shape index (κ3) is 3.05. The lowest BCUT2D eigenvalue weighted by Crippen LogP contribution is -2.31. The summed E-state index contributed by atoms with van der Waals surface area (Å²) in [5.74, 6) is 1.87. The maximum absolute atomic E-state index is 11.8. The Bertz CT molecular complexity index is 752. The molecule has 8 heteroatoms. The van der Waals surface area contributed by atoms with E-state index in [1.54, 1.807) is 11.7 Å². The van der Waals surface area contributed by atoms with Gasteiger partial charge in [-0.2, -0.15) is 4.98 Å². The van der Waals surface area contributed by atoms with Crippen molar-refractivity contribution >= 4 is 23.0 Å². The van der Waals surface area contributed by atoms with Gasteiger partial charge in [-0.1, -0.05) is 12.1 Å². The van der Waals surface area contributed by atoms with Crippen molar-refractivity contribution in [2.75, 3.05) is 11.9 Å². The van der Waals surface area contributed by atoms with Crippen molar-refractivity contribution in [1.29, 1.82) is 0 Å². The first-order chi connectivity index (χ1) is 10.6. The molecule has 0 unspecified atom stereocenters. The molecule has 3 N–H and O–H groups in total. The minimum atomic E-state index is -0.332. The van der Waals surface area contributed by atoms with Crippen molar-refractivity contribution < 1.29 is 4.79 Å². The summed E-state index contributed by atoms with van der Waals surface area (Å²) in [6.45, 7) is 2.29. The number of nitrogens with zero attached hydrogens (tertiary/aromatic N) is 4. The van der Waals surface area contributed by atoms with E-state index in [4.69, 9.17) is 0 Å². The Morgan fingerprint density at radius 3 is 2.86 bits per heavy atom. The Labute approximate surface area is 127 Å². The highest BCUT2D eigenvalue weighted by Crippen LogP contribution is 2.10. The summed E-state index contributed by atoms with van der Waals surface area (Å²) < 4.78 is 1.60. The van der Waals surface area contributed by atoms with Crippen molar-refractivity contribution in [1.82, 2.24) is 30.0 Å². The zero-order valence-corrected chi connectivity index (χ0v) is 12.4. The number of hydrogen-bond donors (Lipinski definition) is 3. The number of hydrogen-bond acceptors (Lipinski definition) is 4. The number of H-pyrrole nitrogens is 1. The summed E-state index contributed by atoms with van der Waals surface area (Å²) in [7, 11) is 1.77. The van der Waals surface area contributed by atoms with Gasteiger partial charge in [-0.05, 0) is 19.1 Å². The molecule has 1 aromatic carbocycles. The van der Waals surface area contributed by atoms with Gasteiger partial charge in [-0.3, -0.25) is 10.00 Å². The smallest absolute Gasteiger partial charge is 0.321 e. The molecule has 3 rings (SSSR count). The Morgan fingerprint density at radius 1 is 1.32 bits per heavy atom. The Morgan fingerprint density at radius 2 is 2.14 bits per heavy atom. The number of anilines is 1. The molecule has 0 aliphatic carbocycles. The molecule has 0 fully saturated rings. The van der Waals surface area contributed by atoms with Crippen LogP contribution in [0.1, 0.15) is 11.6 Å². The highest BCUT2D eigenvalue weighted by atomic mass is 16.2. The van der Waals surface area contributed by atoms with E-state index in [0.717, 1.165) is 22.7 Å². The SMILES string of the molecule is Cc1nc(NC(=O)NCCc2nc3ccccc3[nH]2)nn1C. The van der Waals surface area contributed by atoms with Gasteiger partial charge in [0.15, 0.2) is 0 Å². The number of rotatable bonds is 4. The second kappa shape index (κ2) is 5.84.